The van der Waals surface area contributed by atoms with Crippen molar-refractivity contribution in [3.63, 3.8) is 0 Å². The van der Waals surface area contributed by atoms with Crippen LogP contribution in [0.3, 0.4) is 0 Å². The lowest BCUT2D eigenvalue weighted by molar-refractivity contribution is -0.118. The van der Waals surface area contributed by atoms with Crippen LogP contribution in [-0.2, 0) is 4.79 Å². The third-order valence-electron chi connectivity index (χ3n) is 1.92. The van der Waals surface area contributed by atoms with Gasteiger partial charge in [0.25, 0.3) is 5.76 Å². The molecule has 0 saturated heterocycles. The minimum atomic E-state index is -2.44. The third kappa shape index (κ3) is 5.53. The predicted molar refractivity (Wildman–Crippen MR) is 65.5 cm³/mol. The van der Waals surface area contributed by atoms with Crippen LogP contribution >= 0.6 is 11.8 Å². The number of amides is 1. The third-order valence-corrected chi connectivity index (χ3v) is 2.71. The summed E-state index contributed by atoms with van der Waals surface area (Å²) < 4.78 is 24.5. The number of thioether (sulfide) groups is 1. The van der Waals surface area contributed by atoms with Gasteiger partial charge in [-0.1, -0.05) is 23.9 Å². The molecule has 0 heterocycles. The molecule has 2 N–H and O–H groups in total. The molecule has 17 heavy (non-hydrogen) atoms. The number of benzene rings is 1. The van der Waals surface area contributed by atoms with Crippen molar-refractivity contribution in [2.24, 2.45) is 0 Å². The second-order valence-electron chi connectivity index (χ2n) is 3.28. The standard InChI is InChI=1S/C11H14F2N2OS/c1-8(16)14-6-7-15-9-4-2-3-5-10(9)17-11(12)13/h2-5,11,15H,6-7H2,1H3,(H,14,16). The Hall–Kier alpha value is -1.30. The summed E-state index contributed by atoms with van der Waals surface area (Å²) in [6, 6.07) is 6.86. The number of rotatable bonds is 6. The summed E-state index contributed by atoms with van der Waals surface area (Å²) in [7, 11) is 0. The first-order chi connectivity index (χ1) is 8.09. The molecule has 0 spiro atoms. The largest absolute Gasteiger partial charge is 0.382 e. The summed E-state index contributed by atoms with van der Waals surface area (Å²) >= 11 is 0.506. The SMILES string of the molecule is CC(=O)NCCNc1ccccc1SC(F)F. The van der Waals surface area contributed by atoms with E-state index in [4.69, 9.17) is 0 Å². The maximum absolute atomic E-state index is 12.3. The molecular formula is C11H14F2N2OS. The summed E-state index contributed by atoms with van der Waals surface area (Å²) in [6.07, 6.45) is 0. The number of carbonyl (C=O) groups excluding carboxylic acids is 1. The molecular weight excluding hydrogens is 246 g/mol. The maximum Gasteiger partial charge on any atom is 0.288 e. The molecule has 0 bridgehead atoms. The molecule has 94 valence electrons. The molecule has 6 heteroatoms. The van der Waals surface area contributed by atoms with Crippen LogP contribution in [0, 0.1) is 0 Å². The second kappa shape index (κ2) is 7.11. The Morgan fingerprint density at radius 1 is 1.35 bits per heavy atom. The number of nitrogens with one attached hydrogen (secondary N) is 2. The fourth-order valence-electron chi connectivity index (χ4n) is 1.25. The first-order valence-electron chi connectivity index (χ1n) is 5.11. The fraction of sp³-hybridized carbons (Fsp3) is 0.364. The van der Waals surface area contributed by atoms with Crippen LogP contribution < -0.4 is 10.6 Å². The molecule has 3 nitrogen and oxygen atoms in total. The number of carbonyl (C=O) groups is 1. The molecule has 0 atom stereocenters. The van der Waals surface area contributed by atoms with Crippen LogP contribution in [0.5, 0.6) is 0 Å². The van der Waals surface area contributed by atoms with E-state index in [1.807, 2.05) is 0 Å². The van der Waals surface area contributed by atoms with Gasteiger partial charge in [-0.2, -0.15) is 8.78 Å². The second-order valence-corrected chi connectivity index (χ2v) is 4.32. The highest BCUT2D eigenvalue weighted by Crippen LogP contribution is 2.31. The van der Waals surface area contributed by atoms with Gasteiger partial charge >= 0.3 is 0 Å². The minimum absolute atomic E-state index is 0.109. The molecule has 0 aliphatic rings. The Labute approximate surface area is 103 Å². The lowest BCUT2D eigenvalue weighted by Gasteiger charge is -2.11. The Morgan fingerprint density at radius 2 is 2.06 bits per heavy atom. The molecule has 1 aromatic rings. The summed E-state index contributed by atoms with van der Waals surface area (Å²) in [4.78, 5) is 11.1. The molecule has 0 unspecified atom stereocenters. The zero-order valence-electron chi connectivity index (χ0n) is 9.37. The van der Waals surface area contributed by atoms with E-state index in [1.165, 1.54) is 6.92 Å². The van der Waals surface area contributed by atoms with E-state index in [0.29, 0.717) is 35.4 Å². The predicted octanol–water partition coefficient (Wildman–Crippen LogP) is 2.55. The minimum Gasteiger partial charge on any atom is -0.382 e. The number of alkyl halides is 2. The topological polar surface area (TPSA) is 41.1 Å². The van der Waals surface area contributed by atoms with E-state index in [-0.39, 0.29) is 5.91 Å². The molecule has 1 amide bonds. The van der Waals surface area contributed by atoms with Crippen molar-refractivity contribution in [3.8, 4) is 0 Å². The Bertz CT molecular complexity index is 374. The van der Waals surface area contributed by atoms with Crippen LogP contribution in [0.4, 0.5) is 14.5 Å². The van der Waals surface area contributed by atoms with Gasteiger partial charge in [0.1, 0.15) is 0 Å². The van der Waals surface area contributed by atoms with Crippen molar-refractivity contribution in [1.82, 2.24) is 5.32 Å². The van der Waals surface area contributed by atoms with Gasteiger partial charge in [-0.3, -0.25) is 4.79 Å². The van der Waals surface area contributed by atoms with Crippen LogP contribution in [0.2, 0.25) is 0 Å². The van der Waals surface area contributed by atoms with Crippen molar-refractivity contribution < 1.29 is 13.6 Å². The molecule has 1 aromatic carbocycles. The lowest BCUT2D eigenvalue weighted by atomic mass is 10.3. The van der Waals surface area contributed by atoms with Crippen LogP contribution in [0.15, 0.2) is 29.2 Å². The normalized spacial score (nSPS) is 10.4. The maximum atomic E-state index is 12.3. The summed E-state index contributed by atoms with van der Waals surface area (Å²) in [5.74, 6) is -2.55. The summed E-state index contributed by atoms with van der Waals surface area (Å²) in [5.41, 5.74) is 0.656. The number of halogens is 2. The van der Waals surface area contributed by atoms with Gasteiger partial charge in [0, 0.05) is 30.6 Å². The zero-order chi connectivity index (χ0) is 12.7. The smallest absolute Gasteiger partial charge is 0.288 e. The van der Waals surface area contributed by atoms with Gasteiger partial charge in [-0.25, -0.2) is 0 Å². The molecule has 0 radical (unpaired) electrons. The average Bonchev–Trinajstić information content (AvgIpc) is 2.25. The fourth-order valence-corrected chi connectivity index (χ4v) is 1.86. The highest BCUT2D eigenvalue weighted by Gasteiger charge is 2.08. The lowest BCUT2D eigenvalue weighted by Crippen LogP contribution is -2.26. The van der Waals surface area contributed by atoms with Gasteiger partial charge in [0.05, 0.1) is 0 Å². The first-order valence-corrected chi connectivity index (χ1v) is 5.99. The first kappa shape index (κ1) is 13.8. The number of hydrogen-bond acceptors (Lipinski definition) is 3. The molecule has 0 aromatic heterocycles. The molecule has 1 rings (SSSR count). The van der Waals surface area contributed by atoms with E-state index in [2.05, 4.69) is 10.6 Å². The van der Waals surface area contributed by atoms with Crippen LogP contribution in [0.25, 0.3) is 0 Å². The highest BCUT2D eigenvalue weighted by molar-refractivity contribution is 7.99. The number of para-hydroxylation sites is 1. The van der Waals surface area contributed by atoms with E-state index in [9.17, 15) is 13.6 Å². The highest BCUT2D eigenvalue weighted by atomic mass is 32.2. The molecule has 0 aliphatic carbocycles. The Kier molecular flexibility index (Phi) is 5.76. The van der Waals surface area contributed by atoms with Gasteiger partial charge in [0.2, 0.25) is 5.91 Å². The van der Waals surface area contributed by atoms with Crippen LogP contribution in [-0.4, -0.2) is 24.8 Å². The van der Waals surface area contributed by atoms with Gasteiger partial charge in [0.15, 0.2) is 0 Å². The average molecular weight is 260 g/mol. The van der Waals surface area contributed by atoms with E-state index >= 15 is 0 Å². The van der Waals surface area contributed by atoms with Crippen molar-refractivity contribution in [3.05, 3.63) is 24.3 Å². The quantitative estimate of drug-likeness (QED) is 0.610. The van der Waals surface area contributed by atoms with Crippen molar-refractivity contribution in [2.45, 2.75) is 17.6 Å². The van der Waals surface area contributed by atoms with E-state index in [0.717, 1.165) is 0 Å². The molecule has 0 fully saturated rings. The van der Waals surface area contributed by atoms with Crippen molar-refractivity contribution in [2.75, 3.05) is 18.4 Å². The number of hydrogen-bond donors (Lipinski definition) is 2. The van der Waals surface area contributed by atoms with Gasteiger partial charge < -0.3 is 10.6 Å². The zero-order valence-corrected chi connectivity index (χ0v) is 10.2. The van der Waals surface area contributed by atoms with Gasteiger partial charge in [-0.15, -0.1) is 0 Å². The Morgan fingerprint density at radius 3 is 2.71 bits per heavy atom. The summed E-state index contributed by atoms with van der Waals surface area (Å²) in [5, 5.41) is 5.62. The van der Waals surface area contributed by atoms with Crippen molar-refractivity contribution >= 4 is 23.4 Å². The van der Waals surface area contributed by atoms with Crippen molar-refractivity contribution in [1.29, 1.82) is 0 Å². The number of anilines is 1. The van der Waals surface area contributed by atoms with Gasteiger partial charge in [-0.05, 0) is 12.1 Å². The summed E-state index contributed by atoms with van der Waals surface area (Å²) in [6.45, 7) is 2.39. The molecule has 0 saturated carbocycles. The Balaban J connectivity index is 2.49. The van der Waals surface area contributed by atoms with Crippen LogP contribution in [0.1, 0.15) is 6.92 Å². The van der Waals surface area contributed by atoms with E-state index in [1.54, 1.807) is 24.3 Å². The monoisotopic (exact) mass is 260 g/mol. The molecule has 0 aliphatic heterocycles. The van der Waals surface area contributed by atoms with E-state index < -0.39 is 5.76 Å².